The topological polar surface area (TPSA) is 42.2 Å². The Bertz CT molecular complexity index is 551. The Hall–Kier alpha value is -1.46. The Morgan fingerprint density at radius 2 is 2.17 bits per heavy atom. The van der Waals surface area contributed by atoms with E-state index in [1.807, 2.05) is 31.9 Å². The van der Waals surface area contributed by atoms with E-state index in [1.54, 1.807) is 17.4 Å². The second-order valence-electron chi connectivity index (χ2n) is 4.27. The molecule has 0 amide bonds. The number of halogens is 1. The molecule has 1 heterocycles. The Kier molecular flexibility index (Phi) is 3.63. The highest BCUT2D eigenvalue weighted by molar-refractivity contribution is 7.15. The SMILES string of the molecule is Cc1nc(N(C)c2cccc(F)c2)sc1C(C)N. The van der Waals surface area contributed by atoms with E-state index in [0.29, 0.717) is 0 Å². The van der Waals surface area contributed by atoms with Crippen LogP contribution in [0.5, 0.6) is 0 Å². The lowest BCUT2D eigenvalue weighted by atomic mass is 10.2. The number of nitrogens with two attached hydrogens (primary N) is 1. The fourth-order valence-corrected chi connectivity index (χ4v) is 2.76. The lowest BCUT2D eigenvalue weighted by Crippen LogP contribution is -2.09. The minimum absolute atomic E-state index is 0.0304. The third-order valence-corrected chi connectivity index (χ3v) is 4.15. The van der Waals surface area contributed by atoms with Gasteiger partial charge in [-0.3, -0.25) is 0 Å². The van der Waals surface area contributed by atoms with Gasteiger partial charge in [0.25, 0.3) is 0 Å². The molecule has 0 radical (unpaired) electrons. The van der Waals surface area contributed by atoms with Crippen LogP contribution in [0.25, 0.3) is 0 Å². The van der Waals surface area contributed by atoms with Crippen LogP contribution in [0.3, 0.4) is 0 Å². The fraction of sp³-hybridized carbons (Fsp3) is 0.308. The smallest absolute Gasteiger partial charge is 0.190 e. The van der Waals surface area contributed by atoms with E-state index >= 15 is 0 Å². The maximum Gasteiger partial charge on any atom is 0.190 e. The molecule has 0 aliphatic rings. The zero-order valence-corrected chi connectivity index (χ0v) is 11.5. The molecule has 1 atom stereocenters. The quantitative estimate of drug-likeness (QED) is 0.925. The molecule has 18 heavy (non-hydrogen) atoms. The molecule has 2 N–H and O–H groups in total. The number of nitrogens with zero attached hydrogens (tertiary/aromatic N) is 2. The average molecular weight is 265 g/mol. The van der Waals surface area contributed by atoms with Gasteiger partial charge in [0.2, 0.25) is 0 Å². The highest BCUT2D eigenvalue weighted by Gasteiger charge is 2.15. The van der Waals surface area contributed by atoms with Crippen molar-refractivity contribution in [3.8, 4) is 0 Å². The van der Waals surface area contributed by atoms with Crippen LogP contribution in [-0.4, -0.2) is 12.0 Å². The van der Waals surface area contributed by atoms with Crippen LogP contribution in [0, 0.1) is 12.7 Å². The summed E-state index contributed by atoms with van der Waals surface area (Å²) in [5, 5.41) is 0.824. The summed E-state index contributed by atoms with van der Waals surface area (Å²) in [4.78, 5) is 7.41. The molecule has 0 aliphatic carbocycles. The van der Waals surface area contributed by atoms with E-state index in [1.165, 1.54) is 12.1 Å². The van der Waals surface area contributed by atoms with E-state index in [4.69, 9.17) is 5.73 Å². The third-order valence-electron chi connectivity index (χ3n) is 2.72. The molecule has 3 nitrogen and oxygen atoms in total. The van der Waals surface area contributed by atoms with E-state index in [-0.39, 0.29) is 11.9 Å². The van der Waals surface area contributed by atoms with Crippen LogP contribution < -0.4 is 10.6 Å². The van der Waals surface area contributed by atoms with Gasteiger partial charge in [0.1, 0.15) is 5.82 Å². The molecule has 2 aromatic rings. The number of aryl methyl sites for hydroxylation is 1. The van der Waals surface area contributed by atoms with Gasteiger partial charge >= 0.3 is 0 Å². The van der Waals surface area contributed by atoms with Crippen LogP contribution in [-0.2, 0) is 0 Å². The largest absolute Gasteiger partial charge is 0.323 e. The van der Waals surface area contributed by atoms with Crippen LogP contribution in [0.1, 0.15) is 23.5 Å². The molecule has 2 rings (SSSR count). The van der Waals surface area contributed by atoms with Gasteiger partial charge in [-0.05, 0) is 32.0 Å². The maximum absolute atomic E-state index is 13.2. The summed E-state index contributed by atoms with van der Waals surface area (Å²) < 4.78 is 13.2. The van der Waals surface area contributed by atoms with Crippen LogP contribution in [0.4, 0.5) is 15.2 Å². The predicted molar refractivity (Wildman–Crippen MR) is 73.9 cm³/mol. The Morgan fingerprint density at radius 1 is 1.44 bits per heavy atom. The van der Waals surface area contributed by atoms with Crippen molar-refractivity contribution in [2.75, 3.05) is 11.9 Å². The highest BCUT2D eigenvalue weighted by Crippen LogP contribution is 2.32. The zero-order valence-electron chi connectivity index (χ0n) is 10.6. The highest BCUT2D eigenvalue weighted by atomic mass is 32.1. The molecule has 0 fully saturated rings. The van der Waals surface area contributed by atoms with Gasteiger partial charge in [-0.15, -0.1) is 0 Å². The molecule has 1 unspecified atom stereocenters. The van der Waals surface area contributed by atoms with Gasteiger partial charge in [0.05, 0.1) is 5.69 Å². The van der Waals surface area contributed by atoms with Crippen LogP contribution in [0.2, 0.25) is 0 Å². The predicted octanol–water partition coefficient (Wildman–Crippen LogP) is 3.38. The number of aromatic nitrogens is 1. The van der Waals surface area contributed by atoms with Crippen molar-refractivity contribution in [1.82, 2.24) is 4.98 Å². The molecular weight excluding hydrogens is 249 g/mol. The number of hydrogen-bond donors (Lipinski definition) is 1. The number of hydrogen-bond acceptors (Lipinski definition) is 4. The summed E-state index contributed by atoms with van der Waals surface area (Å²) in [7, 11) is 1.87. The summed E-state index contributed by atoms with van der Waals surface area (Å²) >= 11 is 1.54. The van der Waals surface area contributed by atoms with Gasteiger partial charge in [0, 0.05) is 23.7 Å². The molecule has 0 bridgehead atoms. The number of thiazole rings is 1. The van der Waals surface area contributed by atoms with E-state index in [0.717, 1.165) is 21.4 Å². The molecule has 0 spiro atoms. The van der Waals surface area contributed by atoms with Crippen molar-refractivity contribution in [1.29, 1.82) is 0 Å². The van der Waals surface area contributed by atoms with Gasteiger partial charge in [-0.25, -0.2) is 9.37 Å². The zero-order chi connectivity index (χ0) is 13.3. The summed E-state index contributed by atoms with van der Waals surface area (Å²) in [5.74, 6) is -0.250. The lowest BCUT2D eigenvalue weighted by Gasteiger charge is -2.15. The second-order valence-corrected chi connectivity index (χ2v) is 5.28. The van der Waals surface area contributed by atoms with Crippen LogP contribution in [0.15, 0.2) is 24.3 Å². The number of rotatable bonds is 3. The minimum Gasteiger partial charge on any atom is -0.323 e. The van der Waals surface area contributed by atoms with Crippen molar-refractivity contribution >= 4 is 22.2 Å². The summed E-state index contributed by atoms with van der Waals surface area (Å²) in [5.41, 5.74) is 7.60. The van der Waals surface area contributed by atoms with Gasteiger partial charge in [0.15, 0.2) is 5.13 Å². The molecule has 96 valence electrons. The van der Waals surface area contributed by atoms with Gasteiger partial charge in [-0.2, -0.15) is 0 Å². The first-order chi connectivity index (χ1) is 8.49. The molecule has 0 saturated carbocycles. The van der Waals surface area contributed by atoms with E-state index < -0.39 is 0 Å². The van der Waals surface area contributed by atoms with Gasteiger partial charge in [-0.1, -0.05) is 17.4 Å². The Labute approximate surface area is 110 Å². The van der Waals surface area contributed by atoms with Crippen molar-refractivity contribution in [2.24, 2.45) is 5.73 Å². The maximum atomic E-state index is 13.2. The van der Waals surface area contributed by atoms with E-state index in [2.05, 4.69) is 4.98 Å². The molecule has 0 saturated heterocycles. The summed E-state index contributed by atoms with van der Waals surface area (Å²) in [6.45, 7) is 3.88. The third kappa shape index (κ3) is 2.52. The lowest BCUT2D eigenvalue weighted by molar-refractivity contribution is 0.628. The molecule has 0 aliphatic heterocycles. The Balaban J connectivity index is 2.34. The molecule has 1 aromatic heterocycles. The normalized spacial score (nSPS) is 12.5. The van der Waals surface area contributed by atoms with E-state index in [9.17, 15) is 4.39 Å². The van der Waals surface area contributed by atoms with Crippen molar-refractivity contribution in [3.63, 3.8) is 0 Å². The first-order valence-electron chi connectivity index (χ1n) is 5.71. The van der Waals surface area contributed by atoms with Crippen molar-refractivity contribution < 1.29 is 4.39 Å². The van der Waals surface area contributed by atoms with Gasteiger partial charge < -0.3 is 10.6 Å². The monoisotopic (exact) mass is 265 g/mol. The second kappa shape index (κ2) is 5.04. The van der Waals surface area contributed by atoms with Crippen molar-refractivity contribution in [3.05, 3.63) is 40.7 Å². The first-order valence-corrected chi connectivity index (χ1v) is 6.53. The minimum atomic E-state index is -0.250. The standard InChI is InChI=1S/C13H16FN3S/c1-8(15)12-9(2)16-13(18-12)17(3)11-6-4-5-10(14)7-11/h4-8H,15H2,1-3H3. The van der Waals surface area contributed by atoms with Crippen LogP contribution >= 0.6 is 11.3 Å². The molecule has 5 heteroatoms. The average Bonchev–Trinajstić information content (AvgIpc) is 2.70. The summed E-state index contributed by atoms with van der Waals surface area (Å²) in [6.07, 6.45) is 0. The molecular formula is C13H16FN3S. The Morgan fingerprint density at radius 3 is 2.72 bits per heavy atom. The molecule has 1 aromatic carbocycles. The fourth-order valence-electron chi connectivity index (χ4n) is 1.75. The first kappa shape index (κ1) is 13.0. The summed E-state index contributed by atoms with van der Waals surface area (Å²) in [6, 6.07) is 6.43. The van der Waals surface area contributed by atoms with Crippen molar-refractivity contribution in [2.45, 2.75) is 19.9 Å². The number of anilines is 2. The number of benzene rings is 1.